The molecule has 0 spiro atoms. The van der Waals surface area contributed by atoms with Crippen LogP contribution in [0.15, 0.2) is 127 Å². The van der Waals surface area contributed by atoms with Crippen molar-refractivity contribution < 1.29 is 0 Å². The molecule has 0 aliphatic heterocycles. The molecule has 4 aromatic carbocycles. The first-order valence-electron chi connectivity index (χ1n) is 12.5. The van der Waals surface area contributed by atoms with E-state index in [9.17, 15) is 0 Å². The zero-order valence-electron chi connectivity index (χ0n) is 20.5. The molecule has 0 heterocycles. The van der Waals surface area contributed by atoms with E-state index in [1.54, 1.807) is 0 Å². The average molecular weight is 445 g/mol. The molecule has 0 aliphatic rings. The lowest BCUT2D eigenvalue weighted by atomic mass is 9.69. The van der Waals surface area contributed by atoms with Gasteiger partial charge in [0, 0.05) is 0 Å². The minimum atomic E-state index is 0.0451. The van der Waals surface area contributed by atoms with Gasteiger partial charge in [-0.2, -0.15) is 0 Å². The topological polar surface area (TPSA) is 0 Å². The predicted octanol–water partition coefficient (Wildman–Crippen LogP) is 9.42. The second kappa shape index (κ2) is 11.7. The number of hydrogen-bond acceptors (Lipinski definition) is 0. The molecule has 0 fully saturated rings. The summed E-state index contributed by atoms with van der Waals surface area (Å²) >= 11 is 0. The molecule has 4 aromatic rings. The molecule has 0 radical (unpaired) electrons. The maximum absolute atomic E-state index is 2.45. The maximum atomic E-state index is 2.45. The molecule has 0 aromatic heterocycles. The highest BCUT2D eigenvalue weighted by atomic mass is 14.3. The number of benzene rings is 4. The van der Waals surface area contributed by atoms with Crippen molar-refractivity contribution in [2.75, 3.05) is 0 Å². The minimum Gasteiger partial charge on any atom is -0.0831 e. The Morgan fingerprint density at radius 3 is 1.74 bits per heavy atom. The molecule has 34 heavy (non-hydrogen) atoms. The smallest absolute Gasteiger partial charge is 0.00349 e. The Labute approximate surface area is 206 Å². The monoisotopic (exact) mass is 444 g/mol. The van der Waals surface area contributed by atoms with Crippen LogP contribution in [0.4, 0.5) is 0 Å². The van der Waals surface area contributed by atoms with Gasteiger partial charge in [0.05, 0.1) is 0 Å². The fourth-order valence-corrected chi connectivity index (χ4v) is 5.13. The van der Waals surface area contributed by atoms with Crippen molar-refractivity contribution in [1.82, 2.24) is 0 Å². The van der Waals surface area contributed by atoms with Gasteiger partial charge in [0.2, 0.25) is 0 Å². The third kappa shape index (κ3) is 6.35. The first-order chi connectivity index (χ1) is 16.6. The van der Waals surface area contributed by atoms with Gasteiger partial charge in [0.15, 0.2) is 0 Å². The summed E-state index contributed by atoms with van der Waals surface area (Å²) in [6, 6.07) is 43.8. The van der Waals surface area contributed by atoms with Gasteiger partial charge in [0.1, 0.15) is 0 Å². The summed E-state index contributed by atoms with van der Waals surface area (Å²) in [5.41, 5.74) is 5.59. The average Bonchev–Trinajstić information content (AvgIpc) is 2.90. The quantitative estimate of drug-likeness (QED) is 0.228. The van der Waals surface area contributed by atoms with Gasteiger partial charge in [0.25, 0.3) is 0 Å². The molecule has 0 bridgehead atoms. The highest BCUT2D eigenvalue weighted by Gasteiger charge is 2.30. The van der Waals surface area contributed by atoms with Crippen LogP contribution in [0.2, 0.25) is 0 Å². The molecular formula is C34H36. The molecule has 3 unspecified atom stereocenters. The summed E-state index contributed by atoms with van der Waals surface area (Å²) in [5.74, 6) is 0.984. The van der Waals surface area contributed by atoms with Crippen LogP contribution in [0, 0.1) is 0 Å². The Morgan fingerprint density at radius 2 is 1.15 bits per heavy atom. The van der Waals surface area contributed by atoms with Crippen molar-refractivity contribution in [2.24, 2.45) is 0 Å². The van der Waals surface area contributed by atoms with Crippen LogP contribution in [0.25, 0.3) is 6.08 Å². The normalized spacial score (nSPS) is 15.0. The van der Waals surface area contributed by atoms with Crippen molar-refractivity contribution in [3.63, 3.8) is 0 Å². The molecular weight excluding hydrogens is 408 g/mol. The standard InChI is InChI=1S/C34H36/c1-28(30-19-9-4-10-20-30)26-32(31-21-11-5-12-22-31)27-34(2,33-23-13-6-14-24-33)25-15-18-29-16-7-3-8-17-29/h3-24,28,32H,25-27H2,1-2H3. The predicted molar refractivity (Wildman–Crippen MR) is 147 cm³/mol. The number of allylic oxidation sites excluding steroid dienone is 1. The molecule has 172 valence electrons. The molecule has 0 amide bonds. The molecule has 0 saturated carbocycles. The van der Waals surface area contributed by atoms with E-state index in [1.165, 1.54) is 22.3 Å². The maximum Gasteiger partial charge on any atom is -0.00349 e. The van der Waals surface area contributed by atoms with Crippen LogP contribution in [-0.2, 0) is 5.41 Å². The van der Waals surface area contributed by atoms with Crippen LogP contribution >= 0.6 is 0 Å². The van der Waals surface area contributed by atoms with Crippen molar-refractivity contribution in [2.45, 2.75) is 50.4 Å². The van der Waals surface area contributed by atoms with Crippen molar-refractivity contribution >= 4 is 6.08 Å². The van der Waals surface area contributed by atoms with E-state index in [1.807, 2.05) is 0 Å². The van der Waals surface area contributed by atoms with E-state index in [2.05, 4.69) is 147 Å². The van der Waals surface area contributed by atoms with Crippen LogP contribution in [0.1, 0.15) is 67.2 Å². The number of hydrogen-bond donors (Lipinski definition) is 0. The van der Waals surface area contributed by atoms with E-state index in [0.29, 0.717) is 11.8 Å². The summed E-state index contributed by atoms with van der Waals surface area (Å²) in [4.78, 5) is 0. The lowest BCUT2D eigenvalue weighted by Crippen LogP contribution is -2.25. The molecule has 0 saturated heterocycles. The highest BCUT2D eigenvalue weighted by Crippen LogP contribution is 2.42. The Kier molecular flexibility index (Phi) is 8.15. The summed E-state index contributed by atoms with van der Waals surface area (Å²) in [6.45, 7) is 4.82. The van der Waals surface area contributed by atoms with Crippen LogP contribution < -0.4 is 0 Å². The molecule has 0 heteroatoms. The van der Waals surface area contributed by atoms with Crippen molar-refractivity contribution in [3.05, 3.63) is 150 Å². The van der Waals surface area contributed by atoms with Gasteiger partial charge in [-0.15, -0.1) is 0 Å². The fourth-order valence-electron chi connectivity index (χ4n) is 5.13. The van der Waals surface area contributed by atoms with E-state index < -0.39 is 0 Å². The summed E-state index contributed by atoms with van der Waals surface area (Å²) in [5, 5.41) is 0. The molecule has 0 aliphatic carbocycles. The highest BCUT2D eigenvalue weighted by molar-refractivity contribution is 5.49. The second-order valence-corrected chi connectivity index (χ2v) is 9.80. The largest absolute Gasteiger partial charge is 0.0831 e. The van der Waals surface area contributed by atoms with Gasteiger partial charge in [-0.05, 0) is 58.8 Å². The first-order valence-corrected chi connectivity index (χ1v) is 12.5. The van der Waals surface area contributed by atoms with E-state index in [4.69, 9.17) is 0 Å². The van der Waals surface area contributed by atoms with Gasteiger partial charge in [-0.25, -0.2) is 0 Å². The van der Waals surface area contributed by atoms with Crippen molar-refractivity contribution in [3.8, 4) is 0 Å². The fraction of sp³-hybridized carbons (Fsp3) is 0.235. The Bertz CT molecular complexity index is 1130. The van der Waals surface area contributed by atoms with Crippen LogP contribution in [0.5, 0.6) is 0 Å². The van der Waals surface area contributed by atoms with Crippen LogP contribution in [0.3, 0.4) is 0 Å². The Morgan fingerprint density at radius 1 is 0.647 bits per heavy atom. The molecule has 0 N–H and O–H groups in total. The lowest BCUT2D eigenvalue weighted by molar-refractivity contribution is 0.371. The third-order valence-corrected chi connectivity index (χ3v) is 7.12. The zero-order valence-corrected chi connectivity index (χ0v) is 20.5. The van der Waals surface area contributed by atoms with E-state index >= 15 is 0 Å². The van der Waals surface area contributed by atoms with Crippen LogP contribution in [-0.4, -0.2) is 0 Å². The van der Waals surface area contributed by atoms with Gasteiger partial charge < -0.3 is 0 Å². The third-order valence-electron chi connectivity index (χ3n) is 7.12. The first kappa shape index (κ1) is 23.8. The second-order valence-electron chi connectivity index (χ2n) is 9.80. The van der Waals surface area contributed by atoms with Gasteiger partial charge >= 0.3 is 0 Å². The molecule has 4 rings (SSSR count). The number of rotatable bonds is 10. The zero-order chi connectivity index (χ0) is 23.6. The Hall–Kier alpha value is -3.38. The summed E-state index contributed by atoms with van der Waals surface area (Å²) in [7, 11) is 0. The van der Waals surface area contributed by atoms with Crippen molar-refractivity contribution in [1.29, 1.82) is 0 Å². The van der Waals surface area contributed by atoms with Gasteiger partial charge in [-0.3, -0.25) is 0 Å². The molecule has 0 nitrogen and oxygen atoms in total. The lowest BCUT2D eigenvalue weighted by Gasteiger charge is -2.35. The Balaban J connectivity index is 1.63. The van der Waals surface area contributed by atoms with Gasteiger partial charge in [-0.1, -0.05) is 147 Å². The summed E-state index contributed by atoms with van der Waals surface area (Å²) < 4.78 is 0. The van der Waals surface area contributed by atoms with E-state index in [-0.39, 0.29) is 5.41 Å². The SMILES string of the molecule is CC(CC(CC(C)(CC=Cc1ccccc1)c1ccccc1)c1ccccc1)c1ccccc1. The van der Waals surface area contributed by atoms with E-state index in [0.717, 1.165) is 19.3 Å². The minimum absolute atomic E-state index is 0.0451. The molecule has 3 atom stereocenters. The summed E-state index contributed by atoms with van der Waals surface area (Å²) in [6.07, 6.45) is 7.89.